The molecule has 1 aliphatic heterocycles. The molecule has 3 rings (SSSR count). The van der Waals surface area contributed by atoms with E-state index < -0.39 is 12.0 Å². The standard InChI is InChI=1S/C20H24N2O2/c1-20(10-9-16-6-3-2-4-7-16)11-13-22(15-20)18(19(23)24)17-8-5-12-21-14-17/h2-8,12,14,18H,9-11,13,15H2,1H3,(H,23,24). The zero-order valence-corrected chi connectivity index (χ0v) is 14.1. The first-order chi connectivity index (χ1) is 11.6. The summed E-state index contributed by atoms with van der Waals surface area (Å²) < 4.78 is 0. The molecule has 2 unspecified atom stereocenters. The maximum Gasteiger partial charge on any atom is 0.325 e. The summed E-state index contributed by atoms with van der Waals surface area (Å²) in [5, 5.41) is 9.70. The Kier molecular flexibility index (Phi) is 4.95. The molecule has 2 atom stereocenters. The topological polar surface area (TPSA) is 53.4 Å². The summed E-state index contributed by atoms with van der Waals surface area (Å²) in [6.07, 6.45) is 6.49. The first kappa shape index (κ1) is 16.7. The van der Waals surface area contributed by atoms with Gasteiger partial charge in [-0.1, -0.05) is 43.3 Å². The molecule has 1 aromatic heterocycles. The van der Waals surface area contributed by atoms with Gasteiger partial charge in [0.15, 0.2) is 0 Å². The van der Waals surface area contributed by atoms with E-state index in [1.54, 1.807) is 18.5 Å². The van der Waals surface area contributed by atoms with Crippen molar-refractivity contribution >= 4 is 5.97 Å². The molecule has 1 fully saturated rings. The molecule has 1 aliphatic rings. The molecule has 0 bridgehead atoms. The van der Waals surface area contributed by atoms with Gasteiger partial charge in [-0.2, -0.15) is 0 Å². The van der Waals surface area contributed by atoms with Gasteiger partial charge in [-0.25, -0.2) is 0 Å². The maximum atomic E-state index is 11.8. The SMILES string of the molecule is CC1(CCc2ccccc2)CCN(C(C(=O)O)c2cccnc2)C1. The van der Waals surface area contributed by atoms with Gasteiger partial charge in [0.05, 0.1) is 0 Å². The largest absolute Gasteiger partial charge is 0.480 e. The predicted molar refractivity (Wildman–Crippen MR) is 93.7 cm³/mol. The van der Waals surface area contributed by atoms with Crippen LogP contribution in [-0.4, -0.2) is 34.0 Å². The molecule has 1 N–H and O–H groups in total. The zero-order valence-electron chi connectivity index (χ0n) is 14.1. The van der Waals surface area contributed by atoms with Crippen molar-refractivity contribution in [3.05, 3.63) is 66.0 Å². The van der Waals surface area contributed by atoms with E-state index in [1.807, 2.05) is 12.1 Å². The summed E-state index contributed by atoms with van der Waals surface area (Å²) in [7, 11) is 0. The number of pyridine rings is 1. The van der Waals surface area contributed by atoms with Crippen molar-refractivity contribution in [3.63, 3.8) is 0 Å². The van der Waals surface area contributed by atoms with Crippen LogP contribution in [0.4, 0.5) is 0 Å². The molecule has 4 nitrogen and oxygen atoms in total. The van der Waals surface area contributed by atoms with Crippen molar-refractivity contribution in [3.8, 4) is 0 Å². The minimum absolute atomic E-state index is 0.158. The smallest absolute Gasteiger partial charge is 0.325 e. The number of hydrogen-bond acceptors (Lipinski definition) is 3. The van der Waals surface area contributed by atoms with E-state index in [-0.39, 0.29) is 5.41 Å². The van der Waals surface area contributed by atoms with Gasteiger partial charge < -0.3 is 5.11 Å². The van der Waals surface area contributed by atoms with Crippen molar-refractivity contribution in [2.75, 3.05) is 13.1 Å². The number of aliphatic carboxylic acids is 1. The lowest BCUT2D eigenvalue weighted by Crippen LogP contribution is -2.34. The van der Waals surface area contributed by atoms with Crippen LogP contribution >= 0.6 is 0 Å². The Morgan fingerprint density at radius 2 is 2.08 bits per heavy atom. The van der Waals surface area contributed by atoms with Crippen molar-refractivity contribution in [2.45, 2.75) is 32.2 Å². The Labute approximate surface area is 143 Å². The highest BCUT2D eigenvalue weighted by atomic mass is 16.4. The van der Waals surface area contributed by atoms with Crippen molar-refractivity contribution in [1.82, 2.24) is 9.88 Å². The third-order valence-corrected chi connectivity index (χ3v) is 5.05. The normalized spacial score (nSPS) is 22.4. The second kappa shape index (κ2) is 7.14. The lowest BCUT2D eigenvalue weighted by Gasteiger charge is -2.28. The summed E-state index contributed by atoms with van der Waals surface area (Å²) in [4.78, 5) is 18.0. The summed E-state index contributed by atoms with van der Waals surface area (Å²) >= 11 is 0. The molecule has 2 aromatic rings. The number of carbonyl (C=O) groups is 1. The summed E-state index contributed by atoms with van der Waals surface area (Å²) in [5.74, 6) is -0.796. The zero-order chi connectivity index (χ0) is 17.0. The molecule has 1 saturated heterocycles. The van der Waals surface area contributed by atoms with Gasteiger partial charge in [0.25, 0.3) is 0 Å². The van der Waals surface area contributed by atoms with Crippen LogP contribution in [0.25, 0.3) is 0 Å². The fraction of sp³-hybridized carbons (Fsp3) is 0.400. The molecule has 0 radical (unpaired) electrons. The van der Waals surface area contributed by atoms with Crippen LogP contribution in [0.5, 0.6) is 0 Å². The molecule has 24 heavy (non-hydrogen) atoms. The number of nitrogens with zero attached hydrogens (tertiary/aromatic N) is 2. The monoisotopic (exact) mass is 324 g/mol. The minimum Gasteiger partial charge on any atom is -0.480 e. The number of likely N-dealkylation sites (tertiary alicyclic amines) is 1. The number of aromatic nitrogens is 1. The Morgan fingerprint density at radius 3 is 2.75 bits per heavy atom. The fourth-order valence-corrected chi connectivity index (χ4v) is 3.62. The van der Waals surface area contributed by atoms with E-state index in [4.69, 9.17) is 0 Å². The molecule has 2 heterocycles. The van der Waals surface area contributed by atoms with Crippen LogP contribution in [0, 0.1) is 5.41 Å². The lowest BCUT2D eigenvalue weighted by molar-refractivity contribution is -0.143. The van der Waals surface area contributed by atoms with Gasteiger partial charge in [0, 0.05) is 18.9 Å². The molecule has 0 aliphatic carbocycles. The number of rotatable bonds is 6. The molecule has 4 heteroatoms. The number of benzene rings is 1. The first-order valence-electron chi connectivity index (χ1n) is 8.48. The number of aryl methyl sites for hydroxylation is 1. The van der Waals surface area contributed by atoms with E-state index in [9.17, 15) is 9.90 Å². The number of carboxylic acid groups (broad SMARTS) is 1. The summed E-state index contributed by atoms with van der Waals surface area (Å²) in [5.41, 5.74) is 2.27. The predicted octanol–water partition coefficient (Wildman–Crippen LogP) is 3.55. The van der Waals surface area contributed by atoms with Crippen LogP contribution in [0.2, 0.25) is 0 Å². The fourth-order valence-electron chi connectivity index (χ4n) is 3.62. The first-order valence-corrected chi connectivity index (χ1v) is 8.48. The van der Waals surface area contributed by atoms with Gasteiger partial charge in [-0.3, -0.25) is 14.7 Å². The van der Waals surface area contributed by atoms with Crippen molar-refractivity contribution in [2.24, 2.45) is 5.41 Å². The number of carboxylic acids is 1. The van der Waals surface area contributed by atoms with Gasteiger partial charge in [0.1, 0.15) is 6.04 Å². The van der Waals surface area contributed by atoms with E-state index in [0.29, 0.717) is 0 Å². The average molecular weight is 324 g/mol. The van der Waals surface area contributed by atoms with E-state index in [2.05, 4.69) is 41.1 Å². The second-order valence-electron chi connectivity index (χ2n) is 7.04. The highest BCUT2D eigenvalue weighted by molar-refractivity contribution is 5.75. The summed E-state index contributed by atoms with van der Waals surface area (Å²) in [6.45, 7) is 3.90. The molecular weight excluding hydrogens is 300 g/mol. The highest BCUT2D eigenvalue weighted by Crippen LogP contribution is 2.38. The van der Waals surface area contributed by atoms with E-state index in [0.717, 1.165) is 37.9 Å². The molecule has 126 valence electrons. The van der Waals surface area contributed by atoms with Crippen molar-refractivity contribution in [1.29, 1.82) is 0 Å². The number of hydrogen-bond donors (Lipinski definition) is 1. The van der Waals surface area contributed by atoms with Crippen LogP contribution in [0.15, 0.2) is 54.9 Å². The van der Waals surface area contributed by atoms with Gasteiger partial charge in [-0.15, -0.1) is 0 Å². The molecule has 0 saturated carbocycles. The highest BCUT2D eigenvalue weighted by Gasteiger charge is 2.39. The van der Waals surface area contributed by atoms with E-state index in [1.165, 1.54) is 5.56 Å². The lowest BCUT2D eigenvalue weighted by atomic mass is 9.83. The summed E-state index contributed by atoms with van der Waals surface area (Å²) in [6, 6.07) is 13.5. The van der Waals surface area contributed by atoms with Gasteiger partial charge >= 0.3 is 5.97 Å². The Balaban J connectivity index is 1.67. The Hall–Kier alpha value is -2.20. The van der Waals surface area contributed by atoms with Crippen molar-refractivity contribution < 1.29 is 9.90 Å². The quantitative estimate of drug-likeness (QED) is 0.883. The third kappa shape index (κ3) is 3.82. The van der Waals surface area contributed by atoms with Gasteiger partial charge in [-0.05, 0) is 48.4 Å². The minimum atomic E-state index is -0.796. The van der Waals surface area contributed by atoms with Crippen LogP contribution < -0.4 is 0 Å². The molecule has 0 amide bonds. The molecule has 0 spiro atoms. The molecule has 1 aromatic carbocycles. The van der Waals surface area contributed by atoms with Gasteiger partial charge in [0.2, 0.25) is 0 Å². The van der Waals surface area contributed by atoms with E-state index >= 15 is 0 Å². The third-order valence-electron chi connectivity index (χ3n) is 5.05. The Morgan fingerprint density at radius 1 is 1.29 bits per heavy atom. The molecular formula is C20H24N2O2. The van der Waals surface area contributed by atoms with Crippen LogP contribution in [0.1, 0.15) is 36.9 Å². The van der Waals surface area contributed by atoms with Crippen LogP contribution in [-0.2, 0) is 11.2 Å². The average Bonchev–Trinajstić information content (AvgIpc) is 2.97. The van der Waals surface area contributed by atoms with Crippen LogP contribution in [0.3, 0.4) is 0 Å². The second-order valence-corrected chi connectivity index (χ2v) is 7.04. The maximum absolute atomic E-state index is 11.8. The Bertz CT molecular complexity index is 675.